The molecule has 0 saturated carbocycles. The lowest BCUT2D eigenvalue weighted by molar-refractivity contribution is -0.137. The number of rotatable bonds is 5. The first-order chi connectivity index (χ1) is 15.3. The first-order valence-electron chi connectivity index (χ1n) is 9.76. The fourth-order valence-corrected chi connectivity index (χ4v) is 3.35. The van der Waals surface area contributed by atoms with Gasteiger partial charge in [-0.3, -0.25) is 4.79 Å². The van der Waals surface area contributed by atoms with E-state index < -0.39 is 23.7 Å². The second-order valence-corrected chi connectivity index (χ2v) is 7.20. The van der Waals surface area contributed by atoms with Crippen molar-refractivity contribution in [1.29, 1.82) is 0 Å². The molecule has 32 heavy (non-hydrogen) atoms. The number of hydrogen-bond donors (Lipinski definition) is 1. The summed E-state index contributed by atoms with van der Waals surface area (Å²) in [7, 11) is 0. The number of pyridine rings is 2. The number of alkyl halides is 3. The number of aromatic nitrogens is 2. The number of anilines is 2. The van der Waals surface area contributed by atoms with E-state index in [1.807, 2.05) is 0 Å². The normalized spacial score (nSPS) is 16.1. The third-order valence-electron chi connectivity index (χ3n) is 4.91. The second kappa shape index (κ2) is 8.81. The van der Waals surface area contributed by atoms with Crippen molar-refractivity contribution in [3.63, 3.8) is 0 Å². The van der Waals surface area contributed by atoms with Crippen LogP contribution in [-0.2, 0) is 6.18 Å². The summed E-state index contributed by atoms with van der Waals surface area (Å²) in [6.07, 6.45) is -2.14. The van der Waals surface area contributed by atoms with E-state index in [1.54, 1.807) is 29.2 Å². The lowest BCUT2D eigenvalue weighted by atomic mass is 10.2. The smallest absolute Gasteiger partial charge is 0.417 e. The first kappa shape index (κ1) is 21.5. The Balaban J connectivity index is 1.42. The number of benzene rings is 1. The monoisotopic (exact) mass is 446 g/mol. The minimum Gasteiger partial charge on any atom is -0.472 e. The molecule has 1 saturated heterocycles. The maximum Gasteiger partial charge on any atom is 0.417 e. The topological polar surface area (TPSA) is 67.4 Å². The van der Waals surface area contributed by atoms with Gasteiger partial charge in [-0.2, -0.15) is 13.2 Å². The molecule has 1 aliphatic rings. The summed E-state index contributed by atoms with van der Waals surface area (Å²) in [5.74, 6) is -0.359. The minimum absolute atomic E-state index is 0.0622. The van der Waals surface area contributed by atoms with Crippen LogP contribution in [-0.4, -0.2) is 40.0 Å². The van der Waals surface area contributed by atoms with E-state index in [4.69, 9.17) is 4.74 Å². The Kier molecular flexibility index (Phi) is 5.93. The summed E-state index contributed by atoms with van der Waals surface area (Å²) < 4.78 is 57.1. The Bertz CT molecular complexity index is 1110. The van der Waals surface area contributed by atoms with Crippen molar-refractivity contribution in [3.8, 4) is 5.88 Å². The molecule has 0 aliphatic carbocycles. The van der Waals surface area contributed by atoms with Crippen molar-refractivity contribution in [1.82, 2.24) is 14.9 Å². The van der Waals surface area contributed by atoms with Gasteiger partial charge in [-0.05, 0) is 36.4 Å². The van der Waals surface area contributed by atoms with Gasteiger partial charge in [-0.1, -0.05) is 6.07 Å². The van der Waals surface area contributed by atoms with E-state index >= 15 is 0 Å². The molecule has 1 N–H and O–H groups in total. The van der Waals surface area contributed by atoms with Gasteiger partial charge in [0, 0.05) is 37.1 Å². The molecule has 3 aromatic rings. The van der Waals surface area contributed by atoms with Crippen molar-refractivity contribution in [2.24, 2.45) is 0 Å². The van der Waals surface area contributed by atoms with Crippen LogP contribution in [0.1, 0.15) is 22.3 Å². The highest BCUT2D eigenvalue weighted by Gasteiger charge is 2.32. The Morgan fingerprint density at radius 3 is 2.69 bits per heavy atom. The molecule has 1 fully saturated rings. The predicted octanol–water partition coefficient (Wildman–Crippen LogP) is 4.67. The van der Waals surface area contributed by atoms with Gasteiger partial charge in [0.15, 0.2) is 0 Å². The van der Waals surface area contributed by atoms with Crippen LogP contribution in [0.25, 0.3) is 0 Å². The Labute approximate surface area is 180 Å². The van der Waals surface area contributed by atoms with Crippen LogP contribution in [0.2, 0.25) is 0 Å². The average molecular weight is 446 g/mol. The maximum atomic E-state index is 13.5. The van der Waals surface area contributed by atoms with Crippen molar-refractivity contribution in [2.75, 3.05) is 18.4 Å². The van der Waals surface area contributed by atoms with Crippen LogP contribution in [0.5, 0.6) is 5.88 Å². The molecule has 10 heteroatoms. The first-order valence-corrected chi connectivity index (χ1v) is 9.76. The molecule has 3 heterocycles. The summed E-state index contributed by atoms with van der Waals surface area (Å²) in [4.78, 5) is 22.5. The number of amides is 1. The van der Waals surface area contributed by atoms with Gasteiger partial charge in [0.05, 0.1) is 17.7 Å². The summed E-state index contributed by atoms with van der Waals surface area (Å²) in [5, 5.41) is 2.95. The van der Waals surface area contributed by atoms with Crippen LogP contribution in [0.3, 0.4) is 0 Å². The molecule has 0 spiro atoms. The molecule has 0 bridgehead atoms. The Morgan fingerprint density at radius 1 is 1.12 bits per heavy atom. The molecule has 1 amide bonds. The highest BCUT2D eigenvalue weighted by Crippen LogP contribution is 2.30. The molecule has 1 aromatic carbocycles. The van der Waals surface area contributed by atoms with Gasteiger partial charge in [0.1, 0.15) is 17.7 Å². The van der Waals surface area contributed by atoms with Gasteiger partial charge in [0.2, 0.25) is 5.88 Å². The van der Waals surface area contributed by atoms with E-state index in [2.05, 4.69) is 15.3 Å². The lowest BCUT2D eigenvalue weighted by Crippen LogP contribution is -2.31. The molecule has 166 valence electrons. The third-order valence-corrected chi connectivity index (χ3v) is 4.91. The zero-order valence-corrected chi connectivity index (χ0v) is 16.6. The van der Waals surface area contributed by atoms with E-state index in [0.717, 1.165) is 12.1 Å². The van der Waals surface area contributed by atoms with Crippen molar-refractivity contribution >= 4 is 17.4 Å². The second-order valence-electron chi connectivity index (χ2n) is 7.20. The average Bonchev–Trinajstić information content (AvgIpc) is 3.22. The molecule has 6 nitrogen and oxygen atoms in total. The van der Waals surface area contributed by atoms with E-state index in [1.165, 1.54) is 18.3 Å². The summed E-state index contributed by atoms with van der Waals surface area (Å²) in [6.45, 7) is 0.647. The molecule has 0 unspecified atom stereocenters. The van der Waals surface area contributed by atoms with E-state index in [9.17, 15) is 22.4 Å². The summed E-state index contributed by atoms with van der Waals surface area (Å²) in [5.41, 5.74) is -0.0955. The Morgan fingerprint density at radius 2 is 1.97 bits per heavy atom. The number of ether oxygens (including phenoxy) is 1. The Hall–Kier alpha value is -3.69. The summed E-state index contributed by atoms with van der Waals surface area (Å²) in [6, 6.07) is 11.1. The number of carbonyl (C=O) groups is 1. The summed E-state index contributed by atoms with van der Waals surface area (Å²) >= 11 is 0. The van der Waals surface area contributed by atoms with Gasteiger partial charge in [-0.15, -0.1) is 0 Å². The number of halogens is 4. The van der Waals surface area contributed by atoms with Gasteiger partial charge >= 0.3 is 6.18 Å². The molecular weight excluding hydrogens is 428 g/mol. The largest absolute Gasteiger partial charge is 0.472 e. The van der Waals surface area contributed by atoms with Crippen molar-refractivity contribution < 1.29 is 27.1 Å². The molecule has 0 radical (unpaired) electrons. The maximum absolute atomic E-state index is 13.5. The number of nitrogens with zero attached hydrogens (tertiary/aromatic N) is 3. The highest BCUT2D eigenvalue weighted by atomic mass is 19.4. The fraction of sp³-hybridized carbons (Fsp3) is 0.227. The standard InChI is InChI=1S/C22H18F4N4O2/c23-15-3-1-4-16(11-15)29-20-18(5-2-9-27-20)21(31)30-10-8-17(13-30)32-19-7-6-14(12-28-19)22(24,25)26/h1-7,9,11-12,17H,8,10,13H2,(H,27,29)/t17-/m0/s1. The number of carbonyl (C=O) groups excluding carboxylic acids is 1. The van der Waals surface area contributed by atoms with Gasteiger partial charge < -0.3 is 15.0 Å². The minimum atomic E-state index is -4.47. The van der Waals surface area contributed by atoms with Gasteiger partial charge in [0.25, 0.3) is 5.91 Å². The predicted molar refractivity (Wildman–Crippen MR) is 108 cm³/mol. The number of nitrogens with one attached hydrogen (secondary N) is 1. The van der Waals surface area contributed by atoms with E-state index in [-0.39, 0.29) is 24.1 Å². The van der Waals surface area contributed by atoms with Crippen LogP contribution >= 0.6 is 0 Å². The highest BCUT2D eigenvalue weighted by molar-refractivity contribution is 5.99. The lowest BCUT2D eigenvalue weighted by Gasteiger charge is -2.19. The van der Waals surface area contributed by atoms with Crippen LogP contribution in [0, 0.1) is 5.82 Å². The molecular formula is C22H18F4N4O2. The SMILES string of the molecule is O=C(c1cccnc1Nc1cccc(F)c1)N1CC[C@H](Oc2ccc(C(F)(F)F)cn2)C1. The fourth-order valence-electron chi connectivity index (χ4n) is 3.35. The quantitative estimate of drug-likeness (QED) is 0.577. The van der Waals surface area contributed by atoms with Crippen molar-refractivity contribution in [3.05, 3.63) is 77.9 Å². The van der Waals surface area contributed by atoms with Crippen molar-refractivity contribution in [2.45, 2.75) is 18.7 Å². The van der Waals surface area contributed by atoms with Gasteiger partial charge in [-0.25, -0.2) is 14.4 Å². The van der Waals surface area contributed by atoms with Crippen LogP contribution < -0.4 is 10.1 Å². The molecule has 1 aliphatic heterocycles. The number of hydrogen-bond acceptors (Lipinski definition) is 5. The molecule has 4 rings (SSSR count). The van der Waals surface area contributed by atoms with Crippen LogP contribution in [0.4, 0.5) is 29.1 Å². The third kappa shape index (κ3) is 4.96. The molecule has 2 aromatic heterocycles. The van der Waals surface area contributed by atoms with Crippen LogP contribution in [0.15, 0.2) is 60.9 Å². The van der Waals surface area contributed by atoms with E-state index in [0.29, 0.717) is 30.4 Å². The zero-order chi connectivity index (χ0) is 22.7. The molecule has 1 atom stereocenters. The number of likely N-dealkylation sites (tertiary alicyclic amines) is 1. The zero-order valence-electron chi connectivity index (χ0n) is 16.6.